The van der Waals surface area contributed by atoms with Crippen molar-refractivity contribution in [1.29, 1.82) is 0 Å². The highest BCUT2D eigenvalue weighted by Gasteiger charge is 2.38. The predicted molar refractivity (Wildman–Crippen MR) is 93.6 cm³/mol. The van der Waals surface area contributed by atoms with Gasteiger partial charge in [0.05, 0.1) is 11.7 Å². The average molecular weight is 357 g/mol. The number of hydrogen-bond donors (Lipinski definition) is 3. The first kappa shape index (κ1) is 17.0. The third kappa shape index (κ3) is 3.41. The van der Waals surface area contributed by atoms with Crippen LogP contribution in [0, 0.1) is 18.8 Å². The standard InChI is InChI=1S/C18H23N5O3/c1-10-2-5-16(14(6-10)17-20-22-23-21-17)26-13-4-3-11-9-19-15(18(24)25)8-12(11)7-13/h2,5-6,11-13,15,19H,3-4,7-9H2,1H3,(H,24,25)(H,20,21,22,23)/t11?,12?,13-,15-/m0/s1. The number of rotatable bonds is 4. The van der Waals surface area contributed by atoms with Crippen molar-refractivity contribution in [2.45, 2.75) is 44.8 Å². The largest absolute Gasteiger partial charge is 0.490 e. The summed E-state index contributed by atoms with van der Waals surface area (Å²) in [7, 11) is 0. The fourth-order valence-electron chi connectivity index (χ4n) is 4.19. The van der Waals surface area contributed by atoms with Crippen molar-refractivity contribution in [2.24, 2.45) is 11.8 Å². The maximum absolute atomic E-state index is 11.3. The quantitative estimate of drug-likeness (QED) is 0.764. The van der Waals surface area contributed by atoms with E-state index >= 15 is 0 Å². The molecule has 1 aliphatic heterocycles. The zero-order chi connectivity index (χ0) is 18.1. The molecular formula is C18H23N5O3. The fraction of sp³-hybridized carbons (Fsp3) is 0.556. The van der Waals surface area contributed by atoms with Crippen molar-refractivity contribution in [3.63, 3.8) is 0 Å². The normalized spacial score (nSPS) is 28.3. The summed E-state index contributed by atoms with van der Waals surface area (Å²) in [6.45, 7) is 2.80. The summed E-state index contributed by atoms with van der Waals surface area (Å²) in [5.41, 5.74) is 1.93. The second kappa shape index (κ2) is 7.03. The lowest BCUT2D eigenvalue weighted by Crippen LogP contribution is -2.50. The zero-order valence-electron chi connectivity index (χ0n) is 14.7. The van der Waals surface area contributed by atoms with Crippen LogP contribution in [0.15, 0.2) is 18.2 Å². The molecule has 4 atom stereocenters. The summed E-state index contributed by atoms with van der Waals surface area (Å²) >= 11 is 0. The van der Waals surface area contributed by atoms with Crippen molar-refractivity contribution in [2.75, 3.05) is 6.54 Å². The first-order chi connectivity index (χ1) is 12.6. The van der Waals surface area contributed by atoms with Gasteiger partial charge in [-0.1, -0.05) is 11.6 Å². The Bertz CT molecular complexity index is 779. The smallest absolute Gasteiger partial charge is 0.320 e. The number of aryl methyl sites for hydroxylation is 1. The van der Waals surface area contributed by atoms with Gasteiger partial charge in [-0.3, -0.25) is 4.79 Å². The lowest BCUT2D eigenvalue weighted by Gasteiger charge is -2.41. The molecule has 1 saturated heterocycles. The molecule has 8 nitrogen and oxygen atoms in total. The molecule has 0 radical (unpaired) electrons. The van der Waals surface area contributed by atoms with Gasteiger partial charge in [0.2, 0.25) is 5.82 Å². The van der Waals surface area contributed by atoms with E-state index in [0.29, 0.717) is 24.1 Å². The monoisotopic (exact) mass is 357 g/mol. The number of nitrogens with one attached hydrogen (secondary N) is 2. The molecular weight excluding hydrogens is 334 g/mol. The topological polar surface area (TPSA) is 113 Å². The number of aromatic amines is 1. The number of fused-ring (bicyclic) bond motifs is 1. The van der Waals surface area contributed by atoms with Crippen LogP contribution in [0.3, 0.4) is 0 Å². The average Bonchev–Trinajstić information content (AvgIpc) is 3.17. The second-order valence-electron chi connectivity index (χ2n) is 7.34. The van der Waals surface area contributed by atoms with Crippen molar-refractivity contribution >= 4 is 5.97 Å². The minimum Gasteiger partial charge on any atom is -0.490 e. The van der Waals surface area contributed by atoms with Gasteiger partial charge >= 0.3 is 5.97 Å². The van der Waals surface area contributed by atoms with Gasteiger partial charge in [-0.05, 0) is 68.3 Å². The summed E-state index contributed by atoms with van der Waals surface area (Å²) < 4.78 is 6.32. The van der Waals surface area contributed by atoms with Crippen LogP contribution < -0.4 is 10.1 Å². The molecule has 2 aromatic rings. The first-order valence-corrected chi connectivity index (χ1v) is 9.07. The Hall–Kier alpha value is -2.48. The molecule has 2 fully saturated rings. The minimum absolute atomic E-state index is 0.0807. The molecule has 0 bridgehead atoms. The number of hydrogen-bond acceptors (Lipinski definition) is 6. The lowest BCUT2D eigenvalue weighted by atomic mass is 9.72. The molecule has 26 heavy (non-hydrogen) atoms. The third-order valence-corrected chi connectivity index (χ3v) is 5.57. The highest BCUT2D eigenvalue weighted by Crippen LogP contribution is 2.38. The van der Waals surface area contributed by atoms with Crippen LogP contribution in [0.25, 0.3) is 11.4 Å². The molecule has 1 aliphatic carbocycles. The molecule has 2 unspecified atom stereocenters. The predicted octanol–water partition coefficient (Wildman–Crippen LogP) is 1.79. The molecule has 2 aliphatic rings. The molecule has 0 amide bonds. The number of aromatic nitrogens is 4. The molecule has 138 valence electrons. The highest BCUT2D eigenvalue weighted by molar-refractivity contribution is 5.73. The number of benzene rings is 1. The summed E-state index contributed by atoms with van der Waals surface area (Å²) in [6.07, 6.45) is 3.66. The number of H-pyrrole nitrogens is 1. The number of carboxylic acids is 1. The van der Waals surface area contributed by atoms with Crippen molar-refractivity contribution < 1.29 is 14.6 Å². The van der Waals surface area contributed by atoms with Crippen LogP contribution in [0.5, 0.6) is 5.75 Å². The molecule has 8 heteroatoms. The highest BCUT2D eigenvalue weighted by atomic mass is 16.5. The van der Waals surface area contributed by atoms with E-state index in [-0.39, 0.29) is 6.10 Å². The zero-order valence-corrected chi connectivity index (χ0v) is 14.7. The van der Waals surface area contributed by atoms with E-state index in [0.717, 1.165) is 42.7 Å². The van der Waals surface area contributed by atoms with Gasteiger partial charge in [0.25, 0.3) is 0 Å². The number of carbonyl (C=O) groups is 1. The van der Waals surface area contributed by atoms with E-state index in [1.807, 2.05) is 25.1 Å². The van der Waals surface area contributed by atoms with Crippen molar-refractivity contribution in [3.8, 4) is 17.1 Å². The molecule has 1 saturated carbocycles. The summed E-state index contributed by atoms with van der Waals surface area (Å²) in [5.74, 6) is 1.44. The Morgan fingerprint density at radius 3 is 2.92 bits per heavy atom. The summed E-state index contributed by atoms with van der Waals surface area (Å²) in [5, 5.41) is 26.7. The van der Waals surface area contributed by atoms with E-state index in [4.69, 9.17) is 4.74 Å². The van der Waals surface area contributed by atoms with Crippen LogP contribution in [-0.2, 0) is 4.79 Å². The number of carboxylic acid groups (broad SMARTS) is 1. The van der Waals surface area contributed by atoms with Gasteiger partial charge in [-0.15, -0.1) is 10.2 Å². The fourth-order valence-corrected chi connectivity index (χ4v) is 4.19. The number of piperidine rings is 1. The summed E-state index contributed by atoms with van der Waals surface area (Å²) in [4.78, 5) is 11.3. The molecule has 4 rings (SSSR count). The van der Waals surface area contributed by atoms with E-state index in [1.165, 1.54) is 0 Å². The van der Waals surface area contributed by atoms with E-state index < -0.39 is 12.0 Å². The number of aliphatic carboxylic acids is 1. The summed E-state index contributed by atoms with van der Waals surface area (Å²) in [6, 6.07) is 5.52. The molecule has 0 spiro atoms. The van der Waals surface area contributed by atoms with Gasteiger partial charge in [-0.2, -0.15) is 5.21 Å². The Kier molecular flexibility index (Phi) is 4.58. The minimum atomic E-state index is -0.760. The van der Waals surface area contributed by atoms with Gasteiger partial charge < -0.3 is 15.2 Å². The number of nitrogens with zero attached hydrogens (tertiary/aromatic N) is 3. The van der Waals surface area contributed by atoms with E-state index in [1.54, 1.807) is 0 Å². The van der Waals surface area contributed by atoms with Gasteiger partial charge in [0.1, 0.15) is 11.8 Å². The Labute approximate surface area is 151 Å². The number of ether oxygens (including phenoxy) is 1. The Morgan fingerprint density at radius 2 is 2.15 bits per heavy atom. The Balaban J connectivity index is 1.49. The van der Waals surface area contributed by atoms with Crippen molar-refractivity contribution in [3.05, 3.63) is 23.8 Å². The maximum Gasteiger partial charge on any atom is 0.320 e. The van der Waals surface area contributed by atoms with Crippen LogP contribution in [0.1, 0.15) is 31.2 Å². The molecule has 3 N–H and O–H groups in total. The van der Waals surface area contributed by atoms with Gasteiger partial charge in [0.15, 0.2) is 0 Å². The molecule has 2 heterocycles. The third-order valence-electron chi connectivity index (χ3n) is 5.57. The number of tetrazole rings is 1. The molecule has 1 aromatic heterocycles. The van der Waals surface area contributed by atoms with Gasteiger partial charge in [-0.25, -0.2) is 0 Å². The van der Waals surface area contributed by atoms with Crippen LogP contribution in [0.4, 0.5) is 0 Å². The SMILES string of the molecule is Cc1ccc(O[C@H]2CCC3CN[C@H](C(=O)O)CC3C2)c(-c2nn[nH]n2)c1. The van der Waals surface area contributed by atoms with Crippen molar-refractivity contribution in [1.82, 2.24) is 25.9 Å². The van der Waals surface area contributed by atoms with Crippen LogP contribution in [-0.4, -0.2) is 50.4 Å². The first-order valence-electron chi connectivity index (χ1n) is 9.07. The lowest BCUT2D eigenvalue weighted by molar-refractivity contribution is -0.141. The van der Waals surface area contributed by atoms with E-state index in [2.05, 4.69) is 25.9 Å². The van der Waals surface area contributed by atoms with E-state index in [9.17, 15) is 9.90 Å². The van der Waals surface area contributed by atoms with Crippen LogP contribution >= 0.6 is 0 Å². The van der Waals surface area contributed by atoms with Gasteiger partial charge in [0, 0.05) is 0 Å². The maximum atomic E-state index is 11.3. The molecule has 1 aromatic carbocycles. The van der Waals surface area contributed by atoms with Crippen LogP contribution in [0.2, 0.25) is 0 Å². The Morgan fingerprint density at radius 1 is 1.27 bits per heavy atom. The second-order valence-corrected chi connectivity index (χ2v) is 7.34.